The molecule has 0 fully saturated rings. The van der Waals surface area contributed by atoms with Crippen LogP contribution < -0.4 is 4.72 Å². The van der Waals surface area contributed by atoms with Gasteiger partial charge in [-0.05, 0) is 29.1 Å². The first-order valence-corrected chi connectivity index (χ1v) is 10.7. The van der Waals surface area contributed by atoms with Crippen LogP contribution in [0.5, 0.6) is 0 Å². The zero-order valence-electron chi connectivity index (χ0n) is 14.0. The fourth-order valence-electron chi connectivity index (χ4n) is 2.76. The Labute approximate surface area is 151 Å². The van der Waals surface area contributed by atoms with Crippen LogP contribution in [0.3, 0.4) is 0 Å². The molecular weight excluding hydrogens is 358 g/mol. The van der Waals surface area contributed by atoms with Gasteiger partial charge in [0.05, 0.1) is 18.0 Å². The number of benzene rings is 1. The molecule has 1 aliphatic heterocycles. The molecule has 3 rings (SSSR count). The van der Waals surface area contributed by atoms with Gasteiger partial charge in [-0.3, -0.25) is 9.52 Å². The molecule has 0 spiro atoms. The zero-order chi connectivity index (χ0) is 18.0. The maximum atomic E-state index is 12.3. The van der Waals surface area contributed by atoms with Crippen LogP contribution in [0.2, 0.25) is 0 Å². The molecule has 2 aromatic rings. The van der Waals surface area contributed by atoms with Crippen molar-refractivity contribution in [2.75, 3.05) is 11.0 Å². The Hall–Kier alpha value is -2.19. The third kappa shape index (κ3) is 4.08. The van der Waals surface area contributed by atoms with Gasteiger partial charge in [-0.2, -0.15) is 5.10 Å². The summed E-state index contributed by atoms with van der Waals surface area (Å²) in [5, 5.41) is 8.07. The van der Waals surface area contributed by atoms with Crippen LogP contribution >= 0.6 is 11.3 Å². The summed E-state index contributed by atoms with van der Waals surface area (Å²) in [6, 6.07) is 10.9. The van der Waals surface area contributed by atoms with Crippen molar-refractivity contribution in [3.63, 3.8) is 0 Å². The Balaban J connectivity index is 1.92. The standard InChI is InChI=1S/C17H19N3O3S2/c1-3-17(21)20-15(16-8-5-9-24-16)11-14(18-20)12-6-4-7-13(10-12)19-25(2,22)23/h4-10,15,19H,3,11H2,1-2H3/t15-/m1/s1. The van der Waals surface area contributed by atoms with Crippen LogP contribution in [-0.4, -0.2) is 31.3 Å². The van der Waals surface area contributed by atoms with Gasteiger partial charge in [0.25, 0.3) is 0 Å². The zero-order valence-corrected chi connectivity index (χ0v) is 15.6. The third-order valence-electron chi connectivity index (χ3n) is 3.84. The average molecular weight is 377 g/mol. The number of carbonyl (C=O) groups excluding carboxylic acids is 1. The van der Waals surface area contributed by atoms with E-state index in [1.807, 2.05) is 30.5 Å². The molecule has 1 atom stereocenters. The van der Waals surface area contributed by atoms with E-state index in [0.717, 1.165) is 22.4 Å². The molecule has 6 nitrogen and oxygen atoms in total. The summed E-state index contributed by atoms with van der Waals surface area (Å²) in [4.78, 5) is 13.4. The Morgan fingerprint density at radius 2 is 2.16 bits per heavy atom. The molecule has 1 aromatic carbocycles. The van der Waals surface area contributed by atoms with E-state index in [1.54, 1.807) is 34.5 Å². The lowest BCUT2D eigenvalue weighted by atomic mass is 10.0. The highest BCUT2D eigenvalue weighted by atomic mass is 32.2. The highest BCUT2D eigenvalue weighted by Crippen LogP contribution is 2.35. The van der Waals surface area contributed by atoms with Crippen molar-refractivity contribution in [1.29, 1.82) is 0 Å². The first-order chi connectivity index (χ1) is 11.9. The van der Waals surface area contributed by atoms with Gasteiger partial charge in [0.15, 0.2) is 0 Å². The van der Waals surface area contributed by atoms with Crippen LogP contribution in [0.15, 0.2) is 46.9 Å². The van der Waals surface area contributed by atoms with E-state index in [1.165, 1.54) is 0 Å². The molecule has 0 aliphatic carbocycles. The van der Waals surface area contributed by atoms with E-state index < -0.39 is 10.0 Å². The maximum absolute atomic E-state index is 12.3. The minimum Gasteiger partial charge on any atom is -0.284 e. The molecule has 0 unspecified atom stereocenters. The van der Waals surface area contributed by atoms with Crippen molar-refractivity contribution in [2.45, 2.75) is 25.8 Å². The fraction of sp³-hybridized carbons (Fsp3) is 0.294. The van der Waals surface area contributed by atoms with Crippen LogP contribution in [0.1, 0.15) is 36.2 Å². The molecule has 2 heterocycles. The van der Waals surface area contributed by atoms with Gasteiger partial charge >= 0.3 is 0 Å². The van der Waals surface area contributed by atoms with Crippen LogP contribution in [0.4, 0.5) is 5.69 Å². The first kappa shape index (κ1) is 17.6. The molecule has 0 radical (unpaired) electrons. The molecule has 8 heteroatoms. The molecule has 1 aromatic heterocycles. The van der Waals surface area contributed by atoms with Crippen LogP contribution in [-0.2, 0) is 14.8 Å². The maximum Gasteiger partial charge on any atom is 0.243 e. The quantitative estimate of drug-likeness (QED) is 0.869. The van der Waals surface area contributed by atoms with Crippen molar-refractivity contribution in [1.82, 2.24) is 5.01 Å². The van der Waals surface area contributed by atoms with E-state index in [9.17, 15) is 13.2 Å². The molecule has 25 heavy (non-hydrogen) atoms. The van der Waals surface area contributed by atoms with Crippen LogP contribution in [0.25, 0.3) is 0 Å². The largest absolute Gasteiger partial charge is 0.284 e. The minimum absolute atomic E-state index is 0.0289. The fourth-order valence-corrected chi connectivity index (χ4v) is 4.12. The van der Waals surface area contributed by atoms with Gasteiger partial charge in [0.2, 0.25) is 15.9 Å². The van der Waals surface area contributed by atoms with Crippen LogP contribution in [0, 0.1) is 0 Å². The van der Waals surface area contributed by atoms with Gasteiger partial charge < -0.3 is 0 Å². The van der Waals surface area contributed by atoms with Gasteiger partial charge in [0, 0.05) is 23.4 Å². The number of nitrogens with one attached hydrogen (secondary N) is 1. The molecule has 1 N–H and O–H groups in total. The minimum atomic E-state index is -3.34. The molecular formula is C17H19N3O3S2. The second kappa shape index (κ2) is 6.97. The van der Waals surface area contributed by atoms with E-state index in [4.69, 9.17) is 0 Å². The predicted octanol–water partition coefficient (Wildman–Crippen LogP) is 3.21. The van der Waals surface area contributed by atoms with E-state index in [-0.39, 0.29) is 11.9 Å². The Morgan fingerprint density at radius 1 is 1.36 bits per heavy atom. The Bertz CT molecular complexity index is 905. The average Bonchev–Trinajstić information content (AvgIpc) is 3.22. The highest BCUT2D eigenvalue weighted by Gasteiger charge is 2.32. The predicted molar refractivity (Wildman–Crippen MR) is 100 cm³/mol. The number of amides is 1. The summed E-state index contributed by atoms with van der Waals surface area (Å²) in [7, 11) is -3.34. The van der Waals surface area contributed by atoms with Gasteiger partial charge in [-0.1, -0.05) is 25.1 Å². The lowest BCUT2D eigenvalue weighted by Crippen LogP contribution is -2.25. The second-order valence-corrected chi connectivity index (χ2v) is 8.56. The van der Waals surface area contributed by atoms with Gasteiger partial charge in [-0.25, -0.2) is 13.4 Å². The van der Waals surface area contributed by atoms with Crippen molar-refractivity contribution in [2.24, 2.45) is 5.10 Å². The number of carbonyl (C=O) groups is 1. The third-order valence-corrected chi connectivity index (χ3v) is 5.42. The van der Waals surface area contributed by atoms with Crippen molar-refractivity contribution < 1.29 is 13.2 Å². The van der Waals surface area contributed by atoms with Crippen molar-refractivity contribution in [3.8, 4) is 0 Å². The monoisotopic (exact) mass is 377 g/mol. The summed E-state index contributed by atoms with van der Waals surface area (Å²) in [5.74, 6) is -0.0289. The molecule has 0 saturated heterocycles. The van der Waals surface area contributed by atoms with E-state index in [2.05, 4.69) is 9.82 Å². The summed E-state index contributed by atoms with van der Waals surface area (Å²) in [6.45, 7) is 1.82. The molecule has 132 valence electrons. The second-order valence-electron chi connectivity index (χ2n) is 5.83. The van der Waals surface area contributed by atoms with Gasteiger partial charge in [-0.15, -0.1) is 11.3 Å². The normalized spacial score (nSPS) is 17.4. The van der Waals surface area contributed by atoms with Gasteiger partial charge in [0.1, 0.15) is 0 Å². The summed E-state index contributed by atoms with van der Waals surface area (Å²) in [5.41, 5.74) is 2.06. The summed E-state index contributed by atoms with van der Waals surface area (Å²) in [6.07, 6.45) is 2.10. The molecule has 1 aliphatic rings. The molecule has 0 bridgehead atoms. The number of rotatable bonds is 5. The van der Waals surface area contributed by atoms with Crippen molar-refractivity contribution >= 4 is 38.7 Å². The van der Waals surface area contributed by atoms with E-state index >= 15 is 0 Å². The number of hydrazone groups is 1. The molecule has 1 amide bonds. The Morgan fingerprint density at radius 3 is 2.80 bits per heavy atom. The first-order valence-electron chi connectivity index (χ1n) is 7.88. The number of nitrogens with zero attached hydrogens (tertiary/aromatic N) is 2. The SMILES string of the molecule is CCC(=O)N1N=C(c2cccc(NS(C)(=O)=O)c2)C[C@@H]1c1cccs1. The number of anilines is 1. The Kier molecular flexibility index (Phi) is 4.91. The number of thiophene rings is 1. The number of hydrogen-bond donors (Lipinski definition) is 1. The van der Waals surface area contributed by atoms with E-state index in [0.29, 0.717) is 18.5 Å². The summed E-state index contributed by atoms with van der Waals surface area (Å²) < 4.78 is 25.3. The lowest BCUT2D eigenvalue weighted by molar-refractivity contribution is -0.132. The smallest absolute Gasteiger partial charge is 0.243 e. The summed E-state index contributed by atoms with van der Waals surface area (Å²) >= 11 is 1.60. The highest BCUT2D eigenvalue weighted by molar-refractivity contribution is 7.92. The molecule has 0 saturated carbocycles. The van der Waals surface area contributed by atoms with Crippen molar-refractivity contribution in [3.05, 3.63) is 52.2 Å². The number of sulfonamides is 1. The lowest BCUT2D eigenvalue weighted by Gasteiger charge is -2.19. The topological polar surface area (TPSA) is 78.8 Å². The number of hydrogen-bond acceptors (Lipinski definition) is 5.